The first-order chi connectivity index (χ1) is 9.93. The lowest BCUT2D eigenvalue weighted by molar-refractivity contribution is 0.308. The second-order valence-corrected chi connectivity index (χ2v) is 6.20. The van der Waals surface area contributed by atoms with Crippen molar-refractivity contribution < 1.29 is 4.74 Å². The maximum atomic E-state index is 5.88. The first kappa shape index (κ1) is 13.7. The van der Waals surface area contributed by atoms with Gasteiger partial charge in [0.05, 0.1) is 0 Å². The lowest BCUT2D eigenvalue weighted by Gasteiger charge is -2.22. The van der Waals surface area contributed by atoms with Gasteiger partial charge in [0.15, 0.2) is 0 Å². The van der Waals surface area contributed by atoms with Crippen molar-refractivity contribution in [3.8, 4) is 5.75 Å². The Morgan fingerprint density at radius 3 is 3.15 bits per heavy atom. The number of pyridine rings is 1. The quantitative estimate of drug-likeness (QED) is 0.857. The van der Waals surface area contributed by atoms with Crippen LogP contribution in [0.2, 0.25) is 0 Å². The number of para-hydroxylation sites is 1. The van der Waals surface area contributed by atoms with Gasteiger partial charge in [0, 0.05) is 29.9 Å². The van der Waals surface area contributed by atoms with Gasteiger partial charge in [-0.05, 0) is 30.7 Å². The highest BCUT2D eigenvalue weighted by Gasteiger charge is 2.12. The molecule has 1 saturated heterocycles. The van der Waals surface area contributed by atoms with Crippen LogP contribution in [0.1, 0.15) is 12.8 Å². The molecule has 1 aliphatic rings. The molecule has 0 aliphatic carbocycles. The summed E-state index contributed by atoms with van der Waals surface area (Å²) in [6.45, 7) is 1.59. The van der Waals surface area contributed by atoms with Crippen LogP contribution < -0.4 is 10.1 Å². The molecule has 0 radical (unpaired) electrons. The summed E-state index contributed by atoms with van der Waals surface area (Å²) in [4.78, 5) is 4.40. The van der Waals surface area contributed by atoms with E-state index in [-0.39, 0.29) is 0 Å². The van der Waals surface area contributed by atoms with Crippen LogP contribution in [-0.2, 0) is 0 Å². The van der Waals surface area contributed by atoms with E-state index in [1.54, 1.807) is 0 Å². The molecule has 2 aromatic rings. The number of nitrogens with zero attached hydrogens (tertiary/aromatic N) is 1. The Bertz CT molecular complexity index is 550. The van der Waals surface area contributed by atoms with E-state index in [1.807, 2.05) is 36.2 Å². The van der Waals surface area contributed by atoms with E-state index in [2.05, 4.69) is 22.4 Å². The number of thioether (sulfide) groups is 1. The van der Waals surface area contributed by atoms with Gasteiger partial charge < -0.3 is 10.1 Å². The molecule has 0 spiro atoms. The SMILES string of the molecule is c1cnc2c(OCCN[C@H]3CCCSC3)cccc2c1. The van der Waals surface area contributed by atoms with E-state index in [0.717, 1.165) is 23.2 Å². The third-order valence-corrected chi connectivity index (χ3v) is 4.76. The van der Waals surface area contributed by atoms with Gasteiger partial charge >= 0.3 is 0 Å². The highest BCUT2D eigenvalue weighted by Crippen LogP contribution is 2.22. The molecule has 4 heteroatoms. The number of ether oxygens (including phenoxy) is 1. The Morgan fingerprint density at radius 1 is 1.30 bits per heavy atom. The van der Waals surface area contributed by atoms with Gasteiger partial charge in [-0.3, -0.25) is 4.98 Å². The average molecular weight is 288 g/mol. The largest absolute Gasteiger partial charge is 0.490 e. The minimum Gasteiger partial charge on any atom is -0.490 e. The molecule has 3 rings (SSSR count). The average Bonchev–Trinajstić information content (AvgIpc) is 2.53. The summed E-state index contributed by atoms with van der Waals surface area (Å²) in [5.74, 6) is 3.43. The summed E-state index contributed by atoms with van der Waals surface area (Å²) in [6, 6.07) is 10.7. The van der Waals surface area contributed by atoms with E-state index in [9.17, 15) is 0 Å². The molecule has 1 fully saturated rings. The van der Waals surface area contributed by atoms with Crippen LogP contribution in [0.25, 0.3) is 10.9 Å². The van der Waals surface area contributed by atoms with Crippen LogP contribution >= 0.6 is 11.8 Å². The molecule has 0 saturated carbocycles. The zero-order valence-corrected chi connectivity index (χ0v) is 12.4. The minimum atomic E-state index is 0.656. The van der Waals surface area contributed by atoms with E-state index in [1.165, 1.54) is 24.3 Å². The summed E-state index contributed by atoms with van der Waals surface area (Å²) in [6.07, 6.45) is 4.44. The Hall–Kier alpha value is -1.26. The zero-order chi connectivity index (χ0) is 13.6. The second kappa shape index (κ2) is 6.95. The second-order valence-electron chi connectivity index (χ2n) is 5.05. The number of hydrogen-bond acceptors (Lipinski definition) is 4. The number of aromatic nitrogens is 1. The fourth-order valence-corrected chi connectivity index (χ4v) is 3.62. The summed E-state index contributed by atoms with van der Waals surface area (Å²) < 4.78 is 5.88. The maximum absolute atomic E-state index is 5.88. The van der Waals surface area contributed by atoms with Crippen molar-refractivity contribution in [2.75, 3.05) is 24.7 Å². The molecule has 0 bridgehead atoms. The van der Waals surface area contributed by atoms with Gasteiger partial charge in [-0.1, -0.05) is 18.2 Å². The number of benzene rings is 1. The highest BCUT2D eigenvalue weighted by molar-refractivity contribution is 7.99. The molecule has 1 aliphatic heterocycles. The Labute approximate surface area is 124 Å². The van der Waals surface area contributed by atoms with Gasteiger partial charge in [-0.25, -0.2) is 0 Å². The smallest absolute Gasteiger partial charge is 0.145 e. The summed E-state index contributed by atoms with van der Waals surface area (Å²) >= 11 is 2.05. The summed E-state index contributed by atoms with van der Waals surface area (Å²) in [5, 5.41) is 4.70. The van der Waals surface area contributed by atoms with Crippen LogP contribution in [0, 0.1) is 0 Å². The summed E-state index contributed by atoms with van der Waals surface area (Å²) in [7, 11) is 0. The molecule has 20 heavy (non-hydrogen) atoms. The van der Waals surface area contributed by atoms with E-state index in [4.69, 9.17) is 4.74 Å². The molecule has 2 heterocycles. The van der Waals surface area contributed by atoms with Crippen molar-refractivity contribution in [2.45, 2.75) is 18.9 Å². The molecule has 0 unspecified atom stereocenters. The van der Waals surface area contributed by atoms with E-state index >= 15 is 0 Å². The van der Waals surface area contributed by atoms with Gasteiger partial charge in [0.2, 0.25) is 0 Å². The fraction of sp³-hybridized carbons (Fsp3) is 0.438. The monoisotopic (exact) mass is 288 g/mol. The fourth-order valence-electron chi connectivity index (χ4n) is 2.52. The molecule has 1 N–H and O–H groups in total. The minimum absolute atomic E-state index is 0.656. The van der Waals surface area contributed by atoms with Crippen LogP contribution in [-0.4, -0.2) is 35.7 Å². The normalized spacial score (nSPS) is 19.1. The molecule has 1 aromatic heterocycles. The first-order valence-electron chi connectivity index (χ1n) is 7.21. The molecular weight excluding hydrogens is 268 g/mol. The van der Waals surface area contributed by atoms with Crippen LogP contribution in [0.15, 0.2) is 36.5 Å². The van der Waals surface area contributed by atoms with Crippen LogP contribution in [0.4, 0.5) is 0 Å². The van der Waals surface area contributed by atoms with Gasteiger partial charge in [0.1, 0.15) is 17.9 Å². The van der Waals surface area contributed by atoms with E-state index in [0.29, 0.717) is 12.6 Å². The molecule has 0 amide bonds. The predicted octanol–water partition coefficient (Wildman–Crippen LogP) is 3.10. The van der Waals surface area contributed by atoms with Gasteiger partial charge in [-0.15, -0.1) is 0 Å². The van der Waals surface area contributed by atoms with Gasteiger partial charge in [-0.2, -0.15) is 11.8 Å². The third-order valence-electron chi connectivity index (χ3n) is 3.55. The van der Waals surface area contributed by atoms with Crippen molar-refractivity contribution >= 4 is 22.7 Å². The molecule has 106 valence electrons. The summed E-state index contributed by atoms with van der Waals surface area (Å²) in [5.41, 5.74) is 0.947. The van der Waals surface area contributed by atoms with Crippen LogP contribution in [0.5, 0.6) is 5.75 Å². The maximum Gasteiger partial charge on any atom is 0.145 e. The lowest BCUT2D eigenvalue weighted by Crippen LogP contribution is -2.36. The number of fused-ring (bicyclic) bond motifs is 1. The molecule has 1 aromatic carbocycles. The zero-order valence-electron chi connectivity index (χ0n) is 11.5. The number of nitrogens with one attached hydrogen (secondary N) is 1. The van der Waals surface area contributed by atoms with Crippen LogP contribution in [0.3, 0.4) is 0 Å². The Balaban J connectivity index is 1.52. The van der Waals surface area contributed by atoms with Crippen molar-refractivity contribution in [3.63, 3.8) is 0 Å². The van der Waals surface area contributed by atoms with Crippen molar-refractivity contribution in [2.24, 2.45) is 0 Å². The Kier molecular flexibility index (Phi) is 4.77. The van der Waals surface area contributed by atoms with Gasteiger partial charge in [0.25, 0.3) is 0 Å². The Morgan fingerprint density at radius 2 is 2.25 bits per heavy atom. The lowest BCUT2D eigenvalue weighted by atomic mass is 10.2. The molecule has 3 nitrogen and oxygen atoms in total. The molecular formula is C16H20N2OS. The first-order valence-corrected chi connectivity index (χ1v) is 8.36. The third kappa shape index (κ3) is 3.44. The highest BCUT2D eigenvalue weighted by atomic mass is 32.2. The van der Waals surface area contributed by atoms with Crippen molar-refractivity contribution in [1.82, 2.24) is 10.3 Å². The van der Waals surface area contributed by atoms with Crippen molar-refractivity contribution in [1.29, 1.82) is 0 Å². The standard InChI is InChI=1S/C16H20N2OS/c1-4-13-5-2-8-18-16(13)15(7-1)19-10-9-17-14-6-3-11-20-12-14/h1-2,4-5,7-8,14,17H,3,6,9-12H2/t14-/m0/s1. The molecule has 1 atom stereocenters. The topological polar surface area (TPSA) is 34.1 Å². The predicted molar refractivity (Wildman–Crippen MR) is 85.6 cm³/mol. The van der Waals surface area contributed by atoms with E-state index < -0.39 is 0 Å². The number of rotatable bonds is 5. The number of hydrogen-bond donors (Lipinski definition) is 1. The van der Waals surface area contributed by atoms with Crippen molar-refractivity contribution in [3.05, 3.63) is 36.5 Å².